The minimum atomic E-state index is -0.182. The van der Waals surface area contributed by atoms with Crippen molar-refractivity contribution in [3.63, 3.8) is 0 Å². The Hall–Kier alpha value is -1.59. The van der Waals surface area contributed by atoms with E-state index in [0.29, 0.717) is 45.7 Å². The third-order valence-corrected chi connectivity index (χ3v) is 2.73. The summed E-state index contributed by atoms with van der Waals surface area (Å²) in [5.74, 6) is -0.182. The highest BCUT2D eigenvalue weighted by molar-refractivity contribution is 5.69. The summed E-state index contributed by atoms with van der Waals surface area (Å²) in [6.45, 7) is 2.13. The van der Waals surface area contributed by atoms with Gasteiger partial charge in [-0.3, -0.25) is 4.79 Å². The molecule has 5 heteroatoms. The van der Waals surface area contributed by atoms with E-state index in [1.54, 1.807) is 7.11 Å². The van der Waals surface area contributed by atoms with Crippen LogP contribution in [0.4, 0.5) is 5.69 Å². The average molecular weight is 281 g/mol. The number of benzene rings is 1. The minimum absolute atomic E-state index is 0.182. The van der Waals surface area contributed by atoms with Gasteiger partial charge in [-0.1, -0.05) is 12.1 Å². The fraction of sp³-hybridized carbons (Fsp3) is 0.533. The van der Waals surface area contributed by atoms with Gasteiger partial charge < -0.3 is 19.9 Å². The van der Waals surface area contributed by atoms with Crippen LogP contribution in [0, 0.1) is 0 Å². The van der Waals surface area contributed by atoms with Crippen molar-refractivity contribution in [2.24, 2.45) is 0 Å². The topological polar surface area (TPSA) is 70.8 Å². The zero-order valence-corrected chi connectivity index (χ0v) is 12.0. The molecule has 0 unspecified atom stereocenters. The van der Waals surface area contributed by atoms with Gasteiger partial charge in [0.2, 0.25) is 0 Å². The van der Waals surface area contributed by atoms with E-state index in [0.717, 1.165) is 11.3 Å². The molecule has 1 aromatic carbocycles. The van der Waals surface area contributed by atoms with Crippen molar-refractivity contribution in [3.8, 4) is 0 Å². The molecule has 0 atom stereocenters. The Labute approximate surface area is 120 Å². The van der Waals surface area contributed by atoms with Crippen LogP contribution < -0.4 is 5.73 Å². The van der Waals surface area contributed by atoms with Crippen LogP contribution in [0.3, 0.4) is 0 Å². The Balaban J connectivity index is 2.01. The monoisotopic (exact) mass is 281 g/mol. The van der Waals surface area contributed by atoms with Crippen LogP contribution in [0.1, 0.15) is 18.4 Å². The van der Waals surface area contributed by atoms with E-state index in [-0.39, 0.29) is 5.97 Å². The lowest BCUT2D eigenvalue weighted by molar-refractivity contribution is -0.144. The number of methoxy groups -OCH3 is 1. The van der Waals surface area contributed by atoms with Crippen LogP contribution in [-0.4, -0.2) is 39.5 Å². The second-order valence-electron chi connectivity index (χ2n) is 4.42. The number of anilines is 1. The second-order valence-corrected chi connectivity index (χ2v) is 4.42. The predicted octanol–water partition coefficient (Wildman–Crippen LogP) is 1.80. The highest BCUT2D eigenvalue weighted by atomic mass is 16.5. The molecule has 5 nitrogen and oxygen atoms in total. The van der Waals surface area contributed by atoms with Gasteiger partial charge in [0.1, 0.15) is 0 Å². The molecule has 0 amide bonds. The molecule has 0 saturated carbocycles. The molecule has 0 fully saturated rings. The molecule has 0 aliphatic carbocycles. The van der Waals surface area contributed by atoms with Gasteiger partial charge in [-0.05, 0) is 24.1 Å². The number of hydrogen-bond acceptors (Lipinski definition) is 5. The van der Waals surface area contributed by atoms with Crippen molar-refractivity contribution in [2.75, 3.05) is 39.3 Å². The maximum atomic E-state index is 11.5. The fourth-order valence-corrected chi connectivity index (χ4v) is 1.59. The van der Waals surface area contributed by atoms with Gasteiger partial charge in [-0.25, -0.2) is 0 Å². The third kappa shape index (κ3) is 7.76. The number of hydrogen-bond donors (Lipinski definition) is 1. The predicted molar refractivity (Wildman–Crippen MR) is 77.4 cm³/mol. The first-order valence-electron chi connectivity index (χ1n) is 6.79. The Kier molecular flexibility index (Phi) is 8.42. The number of rotatable bonds is 10. The van der Waals surface area contributed by atoms with Crippen molar-refractivity contribution in [1.29, 1.82) is 0 Å². The maximum Gasteiger partial charge on any atom is 0.306 e. The molecule has 0 aliphatic heterocycles. The van der Waals surface area contributed by atoms with Gasteiger partial charge in [0.05, 0.1) is 19.8 Å². The first-order valence-corrected chi connectivity index (χ1v) is 6.79. The molecule has 0 radical (unpaired) electrons. The number of nitrogen functional groups attached to an aromatic ring is 1. The standard InChI is InChI=1S/C15H23NO4/c1-18-11-12-19-9-2-10-20-15(17)8-5-13-3-6-14(16)7-4-13/h3-4,6-7H,2,5,8-12,16H2,1H3. The minimum Gasteiger partial charge on any atom is -0.466 e. The molecule has 0 bridgehead atoms. The average Bonchev–Trinajstić information content (AvgIpc) is 2.46. The molecule has 1 aromatic rings. The Morgan fingerprint density at radius 3 is 2.55 bits per heavy atom. The molecule has 1 rings (SSSR count). The Bertz CT molecular complexity index is 378. The van der Waals surface area contributed by atoms with E-state index < -0.39 is 0 Å². The van der Waals surface area contributed by atoms with E-state index in [4.69, 9.17) is 19.9 Å². The van der Waals surface area contributed by atoms with Gasteiger partial charge in [0, 0.05) is 32.2 Å². The maximum absolute atomic E-state index is 11.5. The molecule has 20 heavy (non-hydrogen) atoms. The van der Waals surface area contributed by atoms with Crippen molar-refractivity contribution >= 4 is 11.7 Å². The zero-order valence-electron chi connectivity index (χ0n) is 12.0. The highest BCUT2D eigenvalue weighted by Gasteiger charge is 2.03. The van der Waals surface area contributed by atoms with Crippen LogP contribution in [0.25, 0.3) is 0 Å². The lowest BCUT2D eigenvalue weighted by atomic mass is 10.1. The van der Waals surface area contributed by atoms with Crippen LogP contribution in [-0.2, 0) is 25.4 Å². The molecule has 0 spiro atoms. The number of carbonyl (C=O) groups excluding carboxylic acids is 1. The molecular weight excluding hydrogens is 258 g/mol. The summed E-state index contributed by atoms with van der Waals surface area (Å²) in [7, 11) is 1.63. The normalized spacial score (nSPS) is 10.4. The summed E-state index contributed by atoms with van der Waals surface area (Å²) >= 11 is 0. The van der Waals surface area contributed by atoms with Gasteiger partial charge in [0.25, 0.3) is 0 Å². The molecule has 0 aliphatic rings. The van der Waals surface area contributed by atoms with Crippen LogP contribution >= 0.6 is 0 Å². The van der Waals surface area contributed by atoms with E-state index >= 15 is 0 Å². The van der Waals surface area contributed by atoms with Gasteiger partial charge in [-0.2, -0.15) is 0 Å². The zero-order chi connectivity index (χ0) is 14.6. The van der Waals surface area contributed by atoms with Crippen molar-refractivity contribution in [1.82, 2.24) is 0 Å². The van der Waals surface area contributed by atoms with E-state index in [1.807, 2.05) is 24.3 Å². The van der Waals surface area contributed by atoms with Crippen LogP contribution in [0.5, 0.6) is 0 Å². The van der Waals surface area contributed by atoms with Crippen LogP contribution in [0.2, 0.25) is 0 Å². The largest absolute Gasteiger partial charge is 0.466 e. The van der Waals surface area contributed by atoms with Crippen molar-refractivity contribution in [3.05, 3.63) is 29.8 Å². The summed E-state index contributed by atoms with van der Waals surface area (Å²) in [6.07, 6.45) is 1.76. The highest BCUT2D eigenvalue weighted by Crippen LogP contribution is 2.08. The molecule has 0 saturated heterocycles. The molecular formula is C15H23NO4. The molecule has 0 aromatic heterocycles. The Morgan fingerprint density at radius 2 is 1.85 bits per heavy atom. The van der Waals surface area contributed by atoms with E-state index in [2.05, 4.69) is 0 Å². The molecule has 112 valence electrons. The summed E-state index contributed by atoms with van der Waals surface area (Å²) < 4.78 is 15.2. The first-order chi connectivity index (χ1) is 9.72. The van der Waals surface area contributed by atoms with E-state index in [1.165, 1.54) is 0 Å². The number of esters is 1. The lowest BCUT2D eigenvalue weighted by Crippen LogP contribution is -2.10. The summed E-state index contributed by atoms with van der Waals surface area (Å²) in [6, 6.07) is 7.51. The number of nitrogens with two attached hydrogens (primary N) is 1. The second kappa shape index (κ2) is 10.2. The van der Waals surface area contributed by atoms with Crippen LogP contribution in [0.15, 0.2) is 24.3 Å². The van der Waals surface area contributed by atoms with Gasteiger partial charge in [0.15, 0.2) is 0 Å². The number of carbonyl (C=O) groups is 1. The molecule has 0 heterocycles. The van der Waals surface area contributed by atoms with Crippen molar-refractivity contribution < 1.29 is 19.0 Å². The van der Waals surface area contributed by atoms with Crippen molar-refractivity contribution in [2.45, 2.75) is 19.3 Å². The first kappa shape index (κ1) is 16.5. The number of aryl methyl sites for hydroxylation is 1. The summed E-state index contributed by atoms with van der Waals surface area (Å²) in [5, 5.41) is 0. The van der Waals surface area contributed by atoms with Gasteiger partial charge >= 0.3 is 5.97 Å². The smallest absolute Gasteiger partial charge is 0.306 e. The fourth-order valence-electron chi connectivity index (χ4n) is 1.59. The Morgan fingerprint density at radius 1 is 1.10 bits per heavy atom. The third-order valence-electron chi connectivity index (χ3n) is 2.73. The summed E-state index contributed by atoms with van der Waals surface area (Å²) in [4.78, 5) is 11.5. The lowest BCUT2D eigenvalue weighted by Gasteiger charge is -2.06. The van der Waals surface area contributed by atoms with Gasteiger partial charge in [-0.15, -0.1) is 0 Å². The number of ether oxygens (including phenoxy) is 3. The summed E-state index contributed by atoms with van der Waals surface area (Å²) in [5.41, 5.74) is 7.41. The SMILES string of the molecule is COCCOCCCOC(=O)CCc1ccc(N)cc1. The molecule has 2 N–H and O–H groups in total. The quantitative estimate of drug-likeness (QED) is 0.402. The van der Waals surface area contributed by atoms with E-state index in [9.17, 15) is 4.79 Å².